The fourth-order valence-electron chi connectivity index (χ4n) is 4.11. The summed E-state index contributed by atoms with van der Waals surface area (Å²) in [5.41, 5.74) is 9.21. The summed E-state index contributed by atoms with van der Waals surface area (Å²) in [5.74, 6) is -0.871. The van der Waals surface area contributed by atoms with E-state index in [4.69, 9.17) is 15.2 Å². The number of methoxy groups -OCH3 is 1. The molecule has 0 fully saturated rings. The molecular weight excluding hydrogens is 418 g/mol. The van der Waals surface area contributed by atoms with Crippen molar-refractivity contribution >= 4 is 5.97 Å². The molecule has 0 aliphatic carbocycles. The summed E-state index contributed by atoms with van der Waals surface area (Å²) in [6, 6.07) is 20.4. The Morgan fingerprint density at radius 1 is 1.18 bits per heavy atom. The number of aromatic nitrogens is 1. The number of nitrogens with zero attached hydrogens (tertiary/aromatic N) is 2. The molecule has 7 nitrogen and oxygen atoms in total. The van der Waals surface area contributed by atoms with Gasteiger partial charge in [-0.15, -0.1) is 0 Å². The molecule has 0 amide bonds. The molecule has 0 radical (unpaired) electrons. The summed E-state index contributed by atoms with van der Waals surface area (Å²) in [5, 5.41) is 9.82. The normalized spacial score (nSPS) is 14.8. The highest BCUT2D eigenvalue weighted by atomic mass is 16.5. The molecule has 2 aromatic carbocycles. The summed E-state index contributed by atoms with van der Waals surface area (Å²) >= 11 is 0. The first-order valence-corrected chi connectivity index (χ1v) is 10.5. The van der Waals surface area contributed by atoms with Crippen LogP contribution >= 0.6 is 0 Å². The SMILES string of the molecule is COC(=O)c1ccc([C@H]2C(C#N)=C(N)Oc3cc(C)n(CCc4ccccc4)c(=O)c32)cc1. The number of carbonyl (C=O) groups is 1. The van der Waals surface area contributed by atoms with Gasteiger partial charge in [0.15, 0.2) is 0 Å². The third-order valence-electron chi connectivity index (χ3n) is 5.82. The Hall–Kier alpha value is -4.31. The second kappa shape index (κ2) is 9.05. The van der Waals surface area contributed by atoms with Crippen LogP contribution in [-0.4, -0.2) is 17.6 Å². The fraction of sp³-hybridized carbons (Fsp3) is 0.192. The van der Waals surface area contributed by atoms with E-state index in [1.807, 2.05) is 37.3 Å². The molecule has 1 aliphatic heterocycles. The van der Waals surface area contributed by atoms with E-state index in [-0.39, 0.29) is 17.0 Å². The summed E-state index contributed by atoms with van der Waals surface area (Å²) < 4.78 is 12.1. The lowest BCUT2D eigenvalue weighted by molar-refractivity contribution is 0.0600. The number of allylic oxidation sites excluding steroid dienone is 1. The van der Waals surface area contributed by atoms with Gasteiger partial charge in [-0.3, -0.25) is 4.79 Å². The molecule has 2 N–H and O–H groups in total. The van der Waals surface area contributed by atoms with Gasteiger partial charge in [0.2, 0.25) is 5.88 Å². The van der Waals surface area contributed by atoms with Crippen LogP contribution in [0.2, 0.25) is 0 Å². The largest absolute Gasteiger partial charge is 0.465 e. The maximum atomic E-state index is 13.7. The Kier molecular flexibility index (Phi) is 6.01. The Morgan fingerprint density at radius 3 is 2.52 bits per heavy atom. The van der Waals surface area contributed by atoms with Gasteiger partial charge in [-0.05, 0) is 36.6 Å². The van der Waals surface area contributed by atoms with Crippen LogP contribution < -0.4 is 16.0 Å². The zero-order valence-corrected chi connectivity index (χ0v) is 18.4. The minimum Gasteiger partial charge on any atom is -0.465 e. The molecular formula is C26H23N3O4. The van der Waals surface area contributed by atoms with Gasteiger partial charge in [-0.1, -0.05) is 42.5 Å². The van der Waals surface area contributed by atoms with Crippen molar-refractivity contribution in [1.29, 1.82) is 5.26 Å². The molecule has 1 aromatic heterocycles. The van der Waals surface area contributed by atoms with Crippen molar-refractivity contribution in [3.8, 4) is 11.8 Å². The van der Waals surface area contributed by atoms with Crippen LogP contribution in [0.1, 0.15) is 38.7 Å². The van der Waals surface area contributed by atoms with Crippen LogP contribution in [0.3, 0.4) is 0 Å². The first-order chi connectivity index (χ1) is 15.9. The number of fused-ring (bicyclic) bond motifs is 1. The minimum absolute atomic E-state index is 0.0344. The van der Waals surface area contributed by atoms with Gasteiger partial charge in [-0.25, -0.2) is 4.79 Å². The van der Waals surface area contributed by atoms with Crippen molar-refractivity contribution in [3.63, 3.8) is 0 Å². The topological polar surface area (TPSA) is 107 Å². The average Bonchev–Trinajstić information content (AvgIpc) is 2.83. The van der Waals surface area contributed by atoms with Gasteiger partial charge in [0, 0.05) is 18.3 Å². The quantitative estimate of drug-likeness (QED) is 0.608. The average molecular weight is 441 g/mol. The Bertz CT molecular complexity index is 1330. The molecule has 2 heterocycles. The van der Waals surface area contributed by atoms with E-state index in [1.54, 1.807) is 34.9 Å². The van der Waals surface area contributed by atoms with Crippen LogP contribution in [0.15, 0.2) is 76.9 Å². The van der Waals surface area contributed by atoms with Crippen LogP contribution in [0.5, 0.6) is 5.75 Å². The molecule has 33 heavy (non-hydrogen) atoms. The predicted octanol–water partition coefficient (Wildman–Crippen LogP) is 3.40. The number of nitriles is 1. The highest BCUT2D eigenvalue weighted by Crippen LogP contribution is 2.40. The molecule has 7 heteroatoms. The minimum atomic E-state index is -0.707. The summed E-state index contributed by atoms with van der Waals surface area (Å²) in [4.78, 5) is 25.5. The molecule has 0 saturated carbocycles. The molecule has 166 valence electrons. The number of pyridine rings is 1. The van der Waals surface area contributed by atoms with E-state index in [0.29, 0.717) is 35.4 Å². The zero-order chi connectivity index (χ0) is 23.5. The van der Waals surface area contributed by atoms with Crippen molar-refractivity contribution in [1.82, 2.24) is 4.57 Å². The molecule has 4 rings (SSSR count). The second-order valence-corrected chi connectivity index (χ2v) is 7.79. The van der Waals surface area contributed by atoms with Crippen LogP contribution in [0.25, 0.3) is 0 Å². The number of hydrogen-bond acceptors (Lipinski definition) is 6. The third-order valence-corrected chi connectivity index (χ3v) is 5.82. The van der Waals surface area contributed by atoms with Gasteiger partial charge in [0.1, 0.15) is 17.4 Å². The van der Waals surface area contributed by atoms with Crippen LogP contribution in [0, 0.1) is 18.3 Å². The van der Waals surface area contributed by atoms with Crippen molar-refractivity contribution in [2.45, 2.75) is 25.8 Å². The molecule has 0 unspecified atom stereocenters. The smallest absolute Gasteiger partial charge is 0.337 e. The number of nitrogens with two attached hydrogens (primary N) is 1. The van der Waals surface area contributed by atoms with Crippen molar-refractivity contribution in [2.75, 3.05) is 7.11 Å². The number of carbonyl (C=O) groups excluding carboxylic acids is 1. The van der Waals surface area contributed by atoms with Gasteiger partial charge in [0.05, 0.1) is 24.2 Å². The van der Waals surface area contributed by atoms with Crippen molar-refractivity contribution in [3.05, 3.63) is 110 Å². The van der Waals surface area contributed by atoms with E-state index in [2.05, 4.69) is 6.07 Å². The maximum absolute atomic E-state index is 13.7. The van der Waals surface area contributed by atoms with Crippen LogP contribution in [0.4, 0.5) is 0 Å². The Morgan fingerprint density at radius 2 is 1.88 bits per heavy atom. The lowest BCUT2D eigenvalue weighted by Crippen LogP contribution is -2.33. The Balaban J connectivity index is 1.81. The van der Waals surface area contributed by atoms with Gasteiger partial charge >= 0.3 is 5.97 Å². The number of esters is 1. The van der Waals surface area contributed by atoms with E-state index in [1.165, 1.54) is 7.11 Å². The first kappa shape index (κ1) is 21.9. The van der Waals surface area contributed by atoms with E-state index < -0.39 is 11.9 Å². The summed E-state index contributed by atoms with van der Waals surface area (Å²) in [7, 11) is 1.31. The molecule has 1 aliphatic rings. The van der Waals surface area contributed by atoms with Crippen molar-refractivity contribution < 1.29 is 14.3 Å². The number of ether oxygens (including phenoxy) is 2. The van der Waals surface area contributed by atoms with E-state index >= 15 is 0 Å². The number of hydrogen-bond donors (Lipinski definition) is 1. The van der Waals surface area contributed by atoms with Crippen molar-refractivity contribution in [2.24, 2.45) is 5.73 Å². The monoisotopic (exact) mass is 441 g/mol. The van der Waals surface area contributed by atoms with E-state index in [0.717, 1.165) is 11.3 Å². The summed E-state index contributed by atoms with van der Waals surface area (Å²) in [6.45, 7) is 2.33. The highest BCUT2D eigenvalue weighted by molar-refractivity contribution is 5.89. The summed E-state index contributed by atoms with van der Waals surface area (Å²) in [6.07, 6.45) is 0.683. The third kappa shape index (κ3) is 4.11. The van der Waals surface area contributed by atoms with Gasteiger partial charge in [0.25, 0.3) is 5.56 Å². The van der Waals surface area contributed by atoms with Gasteiger partial charge in [-0.2, -0.15) is 5.26 Å². The lowest BCUT2D eigenvalue weighted by atomic mass is 9.83. The highest BCUT2D eigenvalue weighted by Gasteiger charge is 2.34. The molecule has 0 spiro atoms. The van der Waals surface area contributed by atoms with Crippen LogP contribution in [-0.2, 0) is 17.7 Å². The number of rotatable bonds is 5. The maximum Gasteiger partial charge on any atom is 0.337 e. The van der Waals surface area contributed by atoms with E-state index in [9.17, 15) is 14.9 Å². The number of aryl methyl sites for hydroxylation is 2. The standard InChI is InChI=1S/C26H23N3O4/c1-16-14-21-23(25(30)29(16)13-12-17-6-4-3-5-7-17)22(20(15-27)24(28)33-21)18-8-10-19(11-9-18)26(31)32-2/h3-11,14,22H,12-13,28H2,1-2H3/t22-/m0/s1. The molecule has 3 aromatic rings. The number of benzene rings is 2. The molecule has 0 bridgehead atoms. The predicted molar refractivity (Wildman–Crippen MR) is 123 cm³/mol. The first-order valence-electron chi connectivity index (χ1n) is 10.5. The Labute approximate surface area is 191 Å². The fourth-order valence-corrected chi connectivity index (χ4v) is 4.11. The molecule has 0 saturated heterocycles. The van der Waals surface area contributed by atoms with Gasteiger partial charge < -0.3 is 19.8 Å². The lowest BCUT2D eigenvalue weighted by Gasteiger charge is -2.27. The molecule has 1 atom stereocenters. The zero-order valence-electron chi connectivity index (χ0n) is 18.4. The second-order valence-electron chi connectivity index (χ2n) is 7.79.